The Morgan fingerprint density at radius 1 is 1.30 bits per heavy atom. The van der Waals surface area contributed by atoms with Gasteiger partial charge in [-0.15, -0.1) is 11.8 Å². The number of benzene rings is 1. The standard InChI is InChI=1S/C15H21NO3S/c1-3-4-13(15(18)19)16-14(17)9-10-20-12-7-5-11(2)6-8-12/h5-8,13H,3-4,9-10H2,1-2H3,(H,16,17)(H,18,19)/t13-/m0/s1. The molecule has 1 atom stereocenters. The average molecular weight is 295 g/mol. The minimum atomic E-state index is -0.966. The molecule has 5 heteroatoms. The molecule has 0 unspecified atom stereocenters. The second kappa shape index (κ2) is 8.64. The van der Waals surface area contributed by atoms with Crippen LogP contribution in [-0.4, -0.2) is 28.8 Å². The molecule has 0 saturated heterocycles. The molecule has 1 rings (SSSR count). The SMILES string of the molecule is CCC[C@H](NC(=O)CCSc1ccc(C)cc1)C(=O)O. The molecule has 1 aromatic carbocycles. The van der Waals surface area contributed by atoms with Gasteiger partial charge in [0.2, 0.25) is 5.91 Å². The van der Waals surface area contributed by atoms with Gasteiger partial charge in [0, 0.05) is 17.1 Å². The summed E-state index contributed by atoms with van der Waals surface area (Å²) in [5, 5.41) is 11.5. The van der Waals surface area contributed by atoms with Crippen molar-refractivity contribution < 1.29 is 14.7 Å². The Hall–Kier alpha value is -1.49. The summed E-state index contributed by atoms with van der Waals surface area (Å²) in [5.74, 6) is -0.523. The van der Waals surface area contributed by atoms with Crippen LogP contribution in [0.4, 0.5) is 0 Å². The van der Waals surface area contributed by atoms with E-state index in [-0.39, 0.29) is 5.91 Å². The number of hydrogen-bond acceptors (Lipinski definition) is 3. The van der Waals surface area contributed by atoms with E-state index < -0.39 is 12.0 Å². The van der Waals surface area contributed by atoms with Crippen LogP contribution in [0.3, 0.4) is 0 Å². The summed E-state index contributed by atoms with van der Waals surface area (Å²) < 4.78 is 0. The van der Waals surface area contributed by atoms with Crippen LogP contribution in [0, 0.1) is 6.92 Å². The number of carboxylic acids is 1. The van der Waals surface area contributed by atoms with Gasteiger partial charge in [-0.25, -0.2) is 4.79 Å². The van der Waals surface area contributed by atoms with E-state index in [0.29, 0.717) is 18.6 Å². The number of carbonyl (C=O) groups is 2. The molecule has 110 valence electrons. The zero-order valence-electron chi connectivity index (χ0n) is 11.9. The average Bonchev–Trinajstić information content (AvgIpc) is 2.40. The fourth-order valence-electron chi connectivity index (χ4n) is 1.71. The molecule has 0 spiro atoms. The maximum Gasteiger partial charge on any atom is 0.326 e. The van der Waals surface area contributed by atoms with Crippen LogP contribution in [0.2, 0.25) is 0 Å². The molecule has 20 heavy (non-hydrogen) atoms. The van der Waals surface area contributed by atoms with Gasteiger partial charge in [0.15, 0.2) is 0 Å². The van der Waals surface area contributed by atoms with Gasteiger partial charge >= 0.3 is 5.97 Å². The van der Waals surface area contributed by atoms with E-state index in [9.17, 15) is 9.59 Å². The van der Waals surface area contributed by atoms with E-state index in [0.717, 1.165) is 11.3 Å². The molecule has 4 nitrogen and oxygen atoms in total. The van der Waals surface area contributed by atoms with Crippen molar-refractivity contribution in [2.24, 2.45) is 0 Å². The van der Waals surface area contributed by atoms with Crippen molar-refractivity contribution >= 4 is 23.6 Å². The minimum absolute atomic E-state index is 0.203. The predicted octanol–water partition coefficient (Wildman–Crippen LogP) is 2.85. The molecule has 0 saturated carbocycles. The number of rotatable bonds is 8. The van der Waals surface area contributed by atoms with Crippen molar-refractivity contribution in [3.05, 3.63) is 29.8 Å². The topological polar surface area (TPSA) is 66.4 Å². The van der Waals surface area contributed by atoms with Gasteiger partial charge in [0.05, 0.1) is 0 Å². The van der Waals surface area contributed by atoms with Gasteiger partial charge in [0.1, 0.15) is 6.04 Å². The third-order valence-corrected chi connectivity index (χ3v) is 3.84. The maximum atomic E-state index is 11.7. The van der Waals surface area contributed by atoms with Crippen molar-refractivity contribution in [2.75, 3.05) is 5.75 Å². The van der Waals surface area contributed by atoms with E-state index in [1.54, 1.807) is 11.8 Å². The van der Waals surface area contributed by atoms with Gasteiger partial charge < -0.3 is 10.4 Å². The molecule has 1 aromatic rings. The summed E-state index contributed by atoms with van der Waals surface area (Å²) >= 11 is 1.60. The van der Waals surface area contributed by atoms with Crippen molar-refractivity contribution in [3.63, 3.8) is 0 Å². The van der Waals surface area contributed by atoms with Gasteiger partial charge in [-0.3, -0.25) is 4.79 Å². The molecule has 0 radical (unpaired) electrons. The van der Waals surface area contributed by atoms with Gasteiger partial charge in [0.25, 0.3) is 0 Å². The summed E-state index contributed by atoms with van der Waals surface area (Å²) in [7, 11) is 0. The Kier molecular flexibility index (Phi) is 7.15. The van der Waals surface area contributed by atoms with Crippen LogP contribution in [-0.2, 0) is 9.59 Å². The summed E-state index contributed by atoms with van der Waals surface area (Å²) in [5.41, 5.74) is 1.20. The van der Waals surface area contributed by atoms with Crippen LogP contribution >= 0.6 is 11.8 Å². The Morgan fingerprint density at radius 2 is 1.95 bits per heavy atom. The second-order valence-electron chi connectivity index (χ2n) is 4.66. The molecule has 1 amide bonds. The molecule has 2 N–H and O–H groups in total. The first-order valence-electron chi connectivity index (χ1n) is 6.74. The first kappa shape index (κ1) is 16.6. The van der Waals surface area contributed by atoms with Crippen LogP contribution in [0.25, 0.3) is 0 Å². The third-order valence-electron chi connectivity index (χ3n) is 2.83. The summed E-state index contributed by atoms with van der Waals surface area (Å²) in [4.78, 5) is 23.7. The number of hydrogen-bond donors (Lipinski definition) is 2. The van der Waals surface area contributed by atoms with Crippen LogP contribution < -0.4 is 5.32 Å². The summed E-state index contributed by atoms with van der Waals surface area (Å²) in [6.45, 7) is 3.93. The fraction of sp³-hybridized carbons (Fsp3) is 0.467. The Morgan fingerprint density at radius 3 is 2.50 bits per heavy atom. The predicted molar refractivity (Wildman–Crippen MR) is 81.0 cm³/mol. The fourth-order valence-corrected chi connectivity index (χ4v) is 2.56. The normalized spacial score (nSPS) is 11.9. The number of aliphatic carboxylic acids is 1. The van der Waals surface area contributed by atoms with Gasteiger partial charge in [-0.05, 0) is 25.5 Å². The van der Waals surface area contributed by atoms with Crippen LogP contribution in [0.15, 0.2) is 29.2 Å². The molecule has 0 aromatic heterocycles. The molecule has 0 aliphatic carbocycles. The smallest absolute Gasteiger partial charge is 0.326 e. The molecule has 0 fully saturated rings. The number of carboxylic acid groups (broad SMARTS) is 1. The number of nitrogens with one attached hydrogen (secondary N) is 1. The highest BCUT2D eigenvalue weighted by Gasteiger charge is 2.18. The number of aryl methyl sites for hydroxylation is 1. The number of thioether (sulfide) groups is 1. The van der Waals surface area contributed by atoms with E-state index in [2.05, 4.69) is 5.32 Å². The first-order valence-corrected chi connectivity index (χ1v) is 7.73. The zero-order valence-corrected chi connectivity index (χ0v) is 12.7. The Bertz CT molecular complexity index is 445. The number of carbonyl (C=O) groups excluding carboxylic acids is 1. The summed E-state index contributed by atoms with van der Waals surface area (Å²) in [6, 6.07) is 7.34. The van der Waals surface area contributed by atoms with Crippen molar-refractivity contribution in [1.29, 1.82) is 0 Å². The summed E-state index contributed by atoms with van der Waals surface area (Å²) in [6.07, 6.45) is 1.52. The maximum absolute atomic E-state index is 11.7. The molecular formula is C15H21NO3S. The third kappa shape index (κ3) is 6.10. The van der Waals surface area contributed by atoms with Gasteiger partial charge in [-0.2, -0.15) is 0 Å². The van der Waals surface area contributed by atoms with Crippen molar-refractivity contribution in [3.8, 4) is 0 Å². The second-order valence-corrected chi connectivity index (χ2v) is 5.83. The lowest BCUT2D eigenvalue weighted by Crippen LogP contribution is -2.40. The van der Waals surface area contributed by atoms with E-state index in [4.69, 9.17) is 5.11 Å². The molecular weight excluding hydrogens is 274 g/mol. The van der Waals surface area contributed by atoms with Crippen LogP contribution in [0.5, 0.6) is 0 Å². The van der Waals surface area contributed by atoms with Crippen LogP contribution in [0.1, 0.15) is 31.7 Å². The molecule has 0 aliphatic rings. The largest absolute Gasteiger partial charge is 0.480 e. The number of amides is 1. The minimum Gasteiger partial charge on any atom is -0.480 e. The van der Waals surface area contributed by atoms with Crippen molar-refractivity contribution in [2.45, 2.75) is 44.0 Å². The quantitative estimate of drug-likeness (QED) is 0.724. The zero-order chi connectivity index (χ0) is 15.0. The molecule has 0 heterocycles. The molecule has 0 aliphatic heterocycles. The lowest BCUT2D eigenvalue weighted by molar-refractivity contribution is -0.142. The highest BCUT2D eigenvalue weighted by molar-refractivity contribution is 7.99. The highest BCUT2D eigenvalue weighted by atomic mass is 32.2. The van der Waals surface area contributed by atoms with Crippen molar-refractivity contribution in [1.82, 2.24) is 5.32 Å². The van der Waals surface area contributed by atoms with E-state index in [1.165, 1.54) is 5.56 Å². The highest BCUT2D eigenvalue weighted by Crippen LogP contribution is 2.18. The lowest BCUT2D eigenvalue weighted by atomic mass is 10.1. The van der Waals surface area contributed by atoms with E-state index in [1.807, 2.05) is 38.1 Å². The van der Waals surface area contributed by atoms with Gasteiger partial charge in [-0.1, -0.05) is 31.0 Å². The Labute approximate surface area is 124 Å². The monoisotopic (exact) mass is 295 g/mol. The Balaban J connectivity index is 2.32. The molecule has 0 bridgehead atoms. The first-order chi connectivity index (χ1) is 9.52. The lowest BCUT2D eigenvalue weighted by Gasteiger charge is -2.13. The van der Waals surface area contributed by atoms with E-state index >= 15 is 0 Å².